The number of aryl methyl sites for hydroxylation is 1. The van der Waals surface area contributed by atoms with Gasteiger partial charge in [0.05, 0.1) is 17.3 Å². The highest BCUT2D eigenvalue weighted by Crippen LogP contribution is 2.45. The van der Waals surface area contributed by atoms with Gasteiger partial charge in [-0.15, -0.1) is 0 Å². The van der Waals surface area contributed by atoms with Gasteiger partial charge < -0.3 is 20.5 Å². The van der Waals surface area contributed by atoms with E-state index in [1.165, 1.54) is 0 Å². The molecule has 3 N–H and O–H groups in total. The van der Waals surface area contributed by atoms with E-state index in [1.807, 2.05) is 30.5 Å². The second kappa shape index (κ2) is 6.22. The summed E-state index contributed by atoms with van der Waals surface area (Å²) in [6.45, 7) is 4.40. The Morgan fingerprint density at radius 3 is 2.93 bits per heavy atom. The third-order valence-electron chi connectivity index (χ3n) is 6.03. The highest BCUT2D eigenvalue weighted by Gasteiger charge is 2.53. The Morgan fingerprint density at radius 1 is 1.29 bits per heavy atom. The third kappa shape index (κ3) is 2.78. The van der Waals surface area contributed by atoms with E-state index in [4.69, 9.17) is 5.73 Å². The summed E-state index contributed by atoms with van der Waals surface area (Å²) < 4.78 is 0. The number of piperazine rings is 1. The summed E-state index contributed by atoms with van der Waals surface area (Å²) in [6, 6.07) is 7.61. The van der Waals surface area contributed by atoms with Crippen molar-refractivity contribution in [1.82, 2.24) is 19.9 Å². The second-order valence-electron chi connectivity index (χ2n) is 8.01. The van der Waals surface area contributed by atoms with E-state index >= 15 is 0 Å². The van der Waals surface area contributed by atoms with Crippen LogP contribution in [0.25, 0.3) is 11.0 Å². The summed E-state index contributed by atoms with van der Waals surface area (Å²) in [5.41, 5.74) is 9.50. The van der Waals surface area contributed by atoms with E-state index in [0.29, 0.717) is 12.1 Å². The van der Waals surface area contributed by atoms with E-state index in [0.717, 1.165) is 60.5 Å². The van der Waals surface area contributed by atoms with Crippen molar-refractivity contribution in [3.05, 3.63) is 47.9 Å². The average molecular weight is 376 g/mol. The summed E-state index contributed by atoms with van der Waals surface area (Å²) in [5, 5.41) is 1.08. The first-order chi connectivity index (χ1) is 13.6. The number of aromatic nitrogens is 3. The number of carbonyl (C=O) groups excluding carboxylic acids is 1. The Labute approximate surface area is 163 Å². The van der Waals surface area contributed by atoms with Crippen molar-refractivity contribution in [3.8, 4) is 0 Å². The minimum Gasteiger partial charge on any atom is -0.399 e. The van der Waals surface area contributed by atoms with Crippen LogP contribution in [-0.2, 0) is 11.2 Å². The zero-order valence-electron chi connectivity index (χ0n) is 16.0. The quantitative estimate of drug-likeness (QED) is 0.684. The molecule has 0 atom stereocenters. The fourth-order valence-electron chi connectivity index (χ4n) is 4.43. The molecule has 28 heavy (non-hydrogen) atoms. The number of nitrogens with one attached hydrogen (secondary N) is 1. The molecule has 0 unspecified atom stereocenters. The van der Waals surface area contributed by atoms with Crippen LogP contribution in [0.5, 0.6) is 0 Å². The van der Waals surface area contributed by atoms with Gasteiger partial charge in [0, 0.05) is 31.5 Å². The molecule has 3 aromatic rings. The number of amides is 1. The van der Waals surface area contributed by atoms with Gasteiger partial charge in [-0.2, -0.15) is 0 Å². The maximum atomic E-state index is 13.0. The van der Waals surface area contributed by atoms with Crippen LogP contribution in [0.4, 0.5) is 11.5 Å². The number of hydrogen-bond donors (Lipinski definition) is 2. The predicted molar refractivity (Wildman–Crippen MR) is 109 cm³/mol. The van der Waals surface area contributed by atoms with Gasteiger partial charge in [-0.3, -0.25) is 4.79 Å². The van der Waals surface area contributed by atoms with Crippen LogP contribution in [0.15, 0.2) is 36.8 Å². The molecule has 5 rings (SSSR count). The SMILES string of the molecule is Cc1c[nH]c2ncnc(N3CCN(C(=O)Cc4cccc(N)c4)C4(CC4)C3)c12. The van der Waals surface area contributed by atoms with Gasteiger partial charge in [-0.25, -0.2) is 9.97 Å². The van der Waals surface area contributed by atoms with Crippen LogP contribution in [-0.4, -0.2) is 50.9 Å². The number of fused-ring (bicyclic) bond motifs is 1. The highest BCUT2D eigenvalue weighted by atomic mass is 16.2. The molecule has 1 spiro atoms. The van der Waals surface area contributed by atoms with Crippen molar-refractivity contribution in [1.29, 1.82) is 0 Å². The molecule has 1 aromatic carbocycles. The Hall–Kier alpha value is -3.09. The van der Waals surface area contributed by atoms with Gasteiger partial charge >= 0.3 is 0 Å². The zero-order valence-corrected chi connectivity index (χ0v) is 16.0. The number of hydrogen-bond acceptors (Lipinski definition) is 5. The van der Waals surface area contributed by atoms with Gasteiger partial charge in [0.25, 0.3) is 0 Å². The Kier molecular flexibility index (Phi) is 3.79. The van der Waals surface area contributed by atoms with Gasteiger partial charge in [0.1, 0.15) is 17.8 Å². The monoisotopic (exact) mass is 376 g/mol. The van der Waals surface area contributed by atoms with Crippen LogP contribution in [0.2, 0.25) is 0 Å². The van der Waals surface area contributed by atoms with E-state index in [-0.39, 0.29) is 11.4 Å². The maximum absolute atomic E-state index is 13.0. The van der Waals surface area contributed by atoms with Gasteiger partial charge in [-0.1, -0.05) is 12.1 Å². The Bertz CT molecular complexity index is 1050. The number of carbonyl (C=O) groups is 1. The molecule has 0 radical (unpaired) electrons. The van der Waals surface area contributed by atoms with Crippen molar-refractivity contribution >= 4 is 28.4 Å². The van der Waals surface area contributed by atoms with Crippen LogP contribution in [0.1, 0.15) is 24.0 Å². The molecule has 2 aromatic heterocycles. The molecule has 0 bridgehead atoms. The number of H-pyrrole nitrogens is 1. The smallest absolute Gasteiger partial charge is 0.227 e. The molecule has 1 aliphatic carbocycles. The van der Waals surface area contributed by atoms with Gasteiger partial charge in [0.15, 0.2) is 0 Å². The van der Waals surface area contributed by atoms with Crippen molar-refractivity contribution in [2.75, 3.05) is 30.3 Å². The molecule has 7 nitrogen and oxygen atoms in total. The maximum Gasteiger partial charge on any atom is 0.227 e. The molecule has 7 heteroatoms. The van der Waals surface area contributed by atoms with Crippen LogP contribution in [0, 0.1) is 6.92 Å². The van der Waals surface area contributed by atoms with Gasteiger partial charge in [-0.05, 0) is 43.0 Å². The molecule has 1 amide bonds. The van der Waals surface area contributed by atoms with E-state index in [9.17, 15) is 4.79 Å². The first-order valence-corrected chi connectivity index (χ1v) is 9.74. The lowest BCUT2D eigenvalue weighted by Crippen LogP contribution is -2.57. The first-order valence-electron chi connectivity index (χ1n) is 9.74. The summed E-state index contributed by atoms with van der Waals surface area (Å²) in [5.74, 6) is 1.16. The molecule has 1 aliphatic heterocycles. The number of aromatic amines is 1. The molecule has 144 valence electrons. The van der Waals surface area contributed by atoms with Gasteiger partial charge in [0.2, 0.25) is 5.91 Å². The van der Waals surface area contributed by atoms with Crippen molar-refractivity contribution in [2.24, 2.45) is 0 Å². The largest absolute Gasteiger partial charge is 0.399 e. The minimum atomic E-state index is -0.0584. The molecule has 1 saturated heterocycles. The standard InChI is InChI=1S/C21H24N6O/c1-14-11-23-19-18(14)20(25-13-24-19)26-7-8-27(21(12-26)5-6-21)17(28)10-15-3-2-4-16(22)9-15/h2-4,9,11,13H,5-8,10,12,22H2,1H3,(H,23,24,25). The molecule has 2 aliphatic rings. The van der Waals surface area contributed by atoms with Crippen LogP contribution in [0.3, 0.4) is 0 Å². The number of benzene rings is 1. The number of rotatable bonds is 3. The Balaban J connectivity index is 1.37. The summed E-state index contributed by atoms with van der Waals surface area (Å²) in [4.78, 5) is 29.6. The fourth-order valence-corrected chi connectivity index (χ4v) is 4.43. The van der Waals surface area contributed by atoms with Crippen molar-refractivity contribution < 1.29 is 4.79 Å². The van der Waals surface area contributed by atoms with Crippen molar-refractivity contribution in [3.63, 3.8) is 0 Å². The highest BCUT2D eigenvalue weighted by molar-refractivity contribution is 5.91. The summed E-state index contributed by atoms with van der Waals surface area (Å²) in [7, 11) is 0. The van der Waals surface area contributed by atoms with Crippen LogP contribution < -0.4 is 10.6 Å². The number of nitrogens with two attached hydrogens (primary N) is 1. The molecule has 3 heterocycles. The number of anilines is 2. The lowest BCUT2D eigenvalue weighted by Gasteiger charge is -2.43. The Morgan fingerprint density at radius 2 is 2.14 bits per heavy atom. The fraction of sp³-hybridized carbons (Fsp3) is 0.381. The lowest BCUT2D eigenvalue weighted by molar-refractivity contribution is -0.134. The number of nitrogen functional groups attached to an aromatic ring is 1. The lowest BCUT2D eigenvalue weighted by atomic mass is 10.1. The summed E-state index contributed by atoms with van der Waals surface area (Å²) >= 11 is 0. The molecular weight excluding hydrogens is 352 g/mol. The normalized spacial score (nSPS) is 18.0. The predicted octanol–water partition coefficient (Wildman–Crippen LogP) is 2.27. The second-order valence-corrected chi connectivity index (χ2v) is 8.01. The van der Waals surface area contributed by atoms with Crippen LogP contribution >= 0.6 is 0 Å². The zero-order chi connectivity index (χ0) is 19.3. The average Bonchev–Trinajstić information content (AvgIpc) is 3.33. The third-order valence-corrected chi connectivity index (χ3v) is 6.03. The van der Waals surface area contributed by atoms with Crippen molar-refractivity contribution in [2.45, 2.75) is 31.7 Å². The summed E-state index contributed by atoms with van der Waals surface area (Å²) in [6.07, 6.45) is 6.09. The van der Waals surface area contributed by atoms with E-state index < -0.39 is 0 Å². The first kappa shape index (κ1) is 17.0. The van der Waals surface area contributed by atoms with E-state index in [2.05, 4.69) is 31.7 Å². The molecule has 2 fully saturated rings. The molecular formula is C21H24N6O. The van der Waals surface area contributed by atoms with E-state index in [1.54, 1.807) is 6.33 Å². The minimum absolute atomic E-state index is 0.0584. The number of nitrogens with zero attached hydrogens (tertiary/aromatic N) is 4. The topological polar surface area (TPSA) is 91.1 Å². The molecule has 1 saturated carbocycles.